The molecular weight excluding hydrogens is 363 g/mol. The maximum Gasteiger partial charge on any atom is 0.414 e. The van der Waals surface area contributed by atoms with Gasteiger partial charge in [0.1, 0.15) is 6.67 Å². The minimum absolute atomic E-state index is 0.0602. The molecule has 0 spiro atoms. The van der Waals surface area contributed by atoms with Crippen molar-refractivity contribution in [2.45, 2.75) is 45.8 Å². The molecule has 0 radical (unpaired) electrons. The molecule has 7 nitrogen and oxygen atoms in total. The number of anilines is 2. The summed E-state index contributed by atoms with van der Waals surface area (Å²) < 4.78 is 18.0. The molecule has 0 bridgehead atoms. The second kappa shape index (κ2) is 8.45. The van der Waals surface area contributed by atoms with Crippen LogP contribution in [-0.4, -0.2) is 62.0 Å². The van der Waals surface area contributed by atoms with Crippen molar-refractivity contribution >= 4 is 23.4 Å². The summed E-state index contributed by atoms with van der Waals surface area (Å²) in [6.07, 6.45) is -0.638. The molecule has 0 aliphatic carbocycles. The van der Waals surface area contributed by atoms with E-state index in [1.165, 1.54) is 6.92 Å². The van der Waals surface area contributed by atoms with Gasteiger partial charge in [0.05, 0.1) is 23.5 Å². The predicted molar refractivity (Wildman–Crippen MR) is 106 cm³/mol. The molecule has 28 heavy (non-hydrogen) atoms. The highest BCUT2D eigenvalue weighted by atomic mass is 19.1. The Labute approximate surface area is 165 Å². The maximum atomic E-state index is 12.7. The number of benzene rings is 1. The Morgan fingerprint density at radius 3 is 2.68 bits per heavy atom. The minimum atomic E-state index is -0.410. The van der Waals surface area contributed by atoms with Crippen molar-refractivity contribution in [2.75, 3.05) is 42.7 Å². The van der Waals surface area contributed by atoms with Crippen LogP contribution in [0, 0.1) is 0 Å². The van der Waals surface area contributed by atoms with Crippen LogP contribution < -0.4 is 15.2 Å². The SMILES string of the molecule is CC(=O)N1c2ccc(C3CNN(CCF)C3)cc2N(C(=O)OC(C)C)C[C@@H]1C. The second-order valence-electron chi connectivity index (χ2n) is 7.72. The number of nitrogens with zero attached hydrogens (tertiary/aromatic N) is 3. The van der Waals surface area contributed by atoms with Crippen LogP contribution in [-0.2, 0) is 9.53 Å². The molecule has 2 aliphatic heterocycles. The van der Waals surface area contributed by atoms with Crippen molar-refractivity contribution in [3.63, 3.8) is 0 Å². The van der Waals surface area contributed by atoms with Gasteiger partial charge in [-0.25, -0.2) is 14.2 Å². The number of alkyl halides is 1. The quantitative estimate of drug-likeness (QED) is 0.854. The fraction of sp³-hybridized carbons (Fsp3) is 0.600. The van der Waals surface area contributed by atoms with Crippen molar-refractivity contribution in [1.82, 2.24) is 10.4 Å². The zero-order valence-electron chi connectivity index (χ0n) is 16.9. The monoisotopic (exact) mass is 392 g/mol. The van der Waals surface area contributed by atoms with Gasteiger partial charge in [-0.05, 0) is 38.5 Å². The highest BCUT2D eigenvalue weighted by Gasteiger charge is 2.35. The van der Waals surface area contributed by atoms with E-state index in [2.05, 4.69) is 5.43 Å². The number of nitrogens with one attached hydrogen (secondary N) is 1. The number of halogens is 1. The summed E-state index contributed by atoms with van der Waals surface area (Å²) in [5.74, 6) is 0.125. The minimum Gasteiger partial charge on any atom is -0.446 e. The molecule has 2 atom stereocenters. The van der Waals surface area contributed by atoms with Gasteiger partial charge in [0.25, 0.3) is 0 Å². The second-order valence-corrected chi connectivity index (χ2v) is 7.72. The molecule has 8 heteroatoms. The fourth-order valence-corrected chi connectivity index (χ4v) is 3.94. The average Bonchev–Trinajstić information content (AvgIpc) is 3.08. The Kier molecular flexibility index (Phi) is 6.20. The molecule has 2 heterocycles. The van der Waals surface area contributed by atoms with Gasteiger partial charge in [0.2, 0.25) is 5.91 Å². The molecule has 1 aromatic carbocycles. The Balaban J connectivity index is 1.95. The van der Waals surface area contributed by atoms with Gasteiger partial charge in [0, 0.05) is 39.0 Å². The van der Waals surface area contributed by atoms with Crippen molar-refractivity contribution in [2.24, 2.45) is 0 Å². The largest absolute Gasteiger partial charge is 0.446 e. The summed E-state index contributed by atoms with van der Waals surface area (Å²) in [6.45, 7) is 8.82. The van der Waals surface area contributed by atoms with Gasteiger partial charge in [-0.15, -0.1) is 0 Å². The lowest BCUT2D eigenvalue weighted by atomic mass is 9.97. The normalized spacial score (nSPS) is 22.5. The van der Waals surface area contributed by atoms with Crippen LogP contribution in [0.15, 0.2) is 18.2 Å². The first-order chi connectivity index (χ1) is 13.3. The van der Waals surface area contributed by atoms with Crippen molar-refractivity contribution < 1.29 is 18.7 Å². The molecule has 1 N–H and O–H groups in total. The number of rotatable bonds is 4. The molecule has 3 rings (SSSR count). The summed E-state index contributed by atoms with van der Waals surface area (Å²) >= 11 is 0. The molecular formula is C20H29FN4O3. The van der Waals surface area contributed by atoms with E-state index in [1.807, 2.05) is 44.0 Å². The van der Waals surface area contributed by atoms with E-state index in [0.29, 0.717) is 37.6 Å². The average molecular weight is 392 g/mol. The molecule has 1 aromatic rings. The topological polar surface area (TPSA) is 65.1 Å². The van der Waals surface area contributed by atoms with Crippen LogP contribution in [0.3, 0.4) is 0 Å². The number of carbonyl (C=O) groups excluding carboxylic acids is 2. The van der Waals surface area contributed by atoms with Gasteiger partial charge in [0.15, 0.2) is 0 Å². The smallest absolute Gasteiger partial charge is 0.414 e. The third-order valence-electron chi connectivity index (χ3n) is 5.16. The molecule has 1 saturated heterocycles. The Hall–Kier alpha value is -2.19. The Morgan fingerprint density at radius 2 is 2.04 bits per heavy atom. The Morgan fingerprint density at radius 1 is 1.29 bits per heavy atom. The number of fused-ring (bicyclic) bond motifs is 1. The molecule has 1 unspecified atom stereocenters. The van der Waals surface area contributed by atoms with E-state index in [4.69, 9.17) is 4.74 Å². The zero-order chi connectivity index (χ0) is 20.4. The highest BCUT2D eigenvalue weighted by molar-refractivity contribution is 6.02. The van der Waals surface area contributed by atoms with Crippen molar-refractivity contribution in [1.29, 1.82) is 0 Å². The fourth-order valence-electron chi connectivity index (χ4n) is 3.94. The van der Waals surface area contributed by atoms with E-state index in [0.717, 1.165) is 5.56 Å². The summed E-state index contributed by atoms with van der Waals surface area (Å²) in [7, 11) is 0. The maximum absolute atomic E-state index is 12.7. The number of ether oxygens (including phenoxy) is 1. The number of carbonyl (C=O) groups is 2. The summed E-state index contributed by atoms with van der Waals surface area (Å²) in [5, 5.41) is 1.87. The highest BCUT2D eigenvalue weighted by Crippen LogP contribution is 2.38. The van der Waals surface area contributed by atoms with E-state index in [9.17, 15) is 14.0 Å². The van der Waals surface area contributed by atoms with Crippen LogP contribution in [0.4, 0.5) is 20.6 Å². The van der Waals surface area contributed by atoms with Gasteiger partial charge >= 0.3 is 6.09 Å². The first kappa shape index (κ1) is 20.5. The predicted octanol–water partition coefficient (Wildman–Crippen LogP) is 2.67. The summed E-state index contributed by atoms with van der Waals surface area (Å²) in [6, 6.07) is 5.70. The van der Waals surface area contributed by atoms with Crippen LogP contribution >= 0.6 is 0 Å². The zero-order valence-corrected chi connectivity index (χ0v) is 16.9. The molecule has 0 saturated carbocycles. The molecule has 2 aliphatic rings. The lowest BCUT2D eigenvalue weighted by Gasteiger charge is -2.40. The first-order valence-electron chi connectivity index (χ1n) is 9.78. The van der Waals surface area contributed by atoms with Gasteiger partial charge < -0.3 is 9.64 Å². The van der Waals surface area contributed by atoms with Crippen LogP contribution in [0.25, 0.3) is 0 Å². The summed E-state index contributed by atoms with van der Waals surface area (Å²) in [4.78, 5) is 28.3. The molecule has 2 amide bonds. The number of hydrazine groups is 1. The third-order valence-corrected chi connectivity index (χ3v) is 5.16. The number of hydrogen-bond acceptors (Lipinski definition) is 5. The van der Waals surface area contributed by atoms with Gasteiger partial charge in [-0.2, -0.15) is 0 Å². The number of hydrogen-bond donors (Lipinski definition) is 1. The van der Waals surface area contributed by atoms with Gasteiger partial charge in [-0.3, -0.25) is 15.1 Å². The first-order valence-corrected chi connectivity index (χ1v) is 9.78. The lowest BCUT2D eigenvalue weighted by Crippen LogP contribution is -2.51. The van der Waals surface area contributed by atoms with E-state index < -0.39 is 12.8 Å². The van der Waals surface area contributed by atoms with Crippen molar-refractivity contribution in [3.8, 4) is 0 Å². The summed E-state index contributed by atoms with van der Waals surface area (Å²) in [5.41, 5.74) is 5.64. The van der Waals surface area contributed by atoms with Crippen molar-refractivity contribution in [3.05, 3.63) is 23.8 Å². The van der Waals surface area contributed by atoms with E-state index in [1.54, 1.807) is 9.80 Å². The Bertz CT molecular complexity index is 742. The molecule has 0 aromatic heterocycles. The van der Waals surface area contributed by atoms with Crippen LogP contribution in [0.2, 0.25) is 0 Å². The third kappa shape index (κ3) is 4.12. The standard InChI is InChI=1S/C20H29FN4O3/c1-13(2)28-20(27)24-11-14(3)25(15(4)26)18-6-5-16(9-19(18)24)17-10-22-23(12-17)8-7-21/h5-6,9,13-14,17,22H,7-8,10-12H2,1-4H3/t14-,17?/m0/s1. The van der Waals surface area contributed by atoms with E-state index in [-0.39, 0.29) is 24.0 Å². The molecule has 154 valence electrons. The van der Waals surface area contributed by atoms with Crippen LogP contribution in [0.1, 0.15) is 39.2 Å². The molecule has 1 fully saturated rings. The van der Waals surface area contributed by atoms with Gasteiger partial charge in [-0.1, -0.05) is 6.07 Å². The lowest BCUT2D eigenvalue weighted by molar-refractivity contribution is -0.117. The van der Waals surface area contributed by atoms with Crippen LogP contribution in [0.5, 0.6) is 0 Å². The van der Waals surface area contributed by atoms with E-state index >= 15 is 0 Å². The number of amides is 2.